The zero-order valence-corrected chi connectivity index (χ0v) is 25.5. The molecule has 0 N–H and O–H groups in total. The quantitative estimate of drug-likeness (QED) is 0.200. The zero-order chi connectivity index (χ0) is 30.9. The summed E-state index contributed by atoms with van der Waals surface area (Å²) >= 11 is 0. The lowest BCUT2D eigenvalue weighted by atomic mass is 10.0. The maximum absolute atomic E-state index is 6.90. The van der Waals surface area contributed by atoms with Gasteiger partial charge < -0.3 is 13.9 Å². The zero-order valence-electron chi connectivity index (χ0n) is 25.5. The van der Waals surface area contributed by atoms with Crippen molar-refractivity contribution in [3.8, 4) is 5.69 Å². The van der Waals surface area contributed by atoms with Crippen LogP contribution in [0.3, 0.4) is 0 Å². The molecule has 0 aliphatic carbocycles. The lowest BCUT2D eigenvalue weighted by Crippen LogP contribution is -2.10. The fourth-order valence-electron chi connectivity index (χ4n) is 7.42. The number of hydrogen-bond donors (Lipinski definition) is 0. The van der Waals surface area contributed by atoms with Gasteiger partial charge in [0.05, 0.1) is 22.1 Å². The third-order valence-electron chi connectivity index (χ3n) is 9.53. The van der Waals surface area contributed by atoms with E-state index >= 15 is 0 Å². The Bertz CT molecular complexity index is 2800. The number of furan rings is 1. The van der Waals surface area contributed by atoms with Gasteiger partial charge in [-0.05, 0) is 76.8 Å². The van der Waals surface area contributed by atoms with Gasteiger partial charge in [0.1, 0.15) is 11.2 Å². The van der Waals surface area contributed by atoms with E-state index in [2.05, 4.69) is 179 Å². The van der Waals surface area contributed by atoms with E-state index in [4.69, 9.17) is 4.42 Å². The normalized spacial score (nSPS) is 11.8. The van der Waals surface area contributed by atoms with Crippen molar-refractivity contribution in [2.24, 2.45) is 0 Å². The molecule has 0 aliphatic heterocycles. The first-order valence-corrected chi connectivity index (χ1v) is 16.0. The molecule has 2 heterocycles. The lowest BCUT2D eigenvalue weighted by Gasteiger charge is -2.27. The van der Waals surface area contributed by atoms with Crippen LogP contribution >= 0.6 is 0 Å². The summed E-state index contributed by atoms with van der Waals surface area (Å²) in [6.45, 7) is 0. The topological polar surface area (TPSA) is 21.3 Å². The van der Waals surface area contributed by atoms with Gasteiger partial charge >= 0.3 is 0 Å². The molecule has 0 unspecified atom stereocenters. The number of benzene rings is 8. The lowest BCUT2D eigenvalue weighted by molar-refractivity contribution is 0.673. The van der Waals surface area contributed by atoms with Crippen molar-refractivity contribution in [2.75, 3.05) is 4.90 Å². The molecule has 0 bridgehead atoms. The summed E-state index contributed by atoms with van der Waals surface area (Å²) in [7, 11) is 0. The molecule has 0 spiro atoms. The van der Waals surface area contributed by atoms with Crippen LogP contribution in [0.25, 0.3) is 71.0 Å². The van der Waals surface area contributed by atoms with E-state index in [1.54, 1.807) is 0 Å². The SMILES string of the molecule is c1ccc(-n2c3ccccc3c3c4oc5cc(N(c6ccc7ccccc7c6)c6cccc7ccccc67)ccc5c4ccc32)cc1. The van der Waals surface area contributed by atoms with Gasteiger partial charge in [0.25, 0.3) is 0 Å². The van der Waals surface area contributed by atoms with Crippen LogP contribution in [-0.2, 0) is 0 Å². The summed E-state index contributed by atoms with van der Waals surface area (Å²) in [4.78, 5) is 2.36. The van der Waals surface area contributed by atoms with Crippen LogP contribution in [0.4, 0.5) is 17.1 Å². The van der Waals surface area contributed by atoms with E-state index in [1.807, 2.05) is 0 Å². The summed E-state index contributed by atoms with van der Waals surface area (Å²) < 4.78 is 9.24. The van der Waals surface area contributed by atoms with Gasteiger partial charge in [0.2, 0.25) is 0 Å². The minimum atomic E-state index is 0.868. The maximum atomic E-state index is 6.90. The Balaban J connectivity index is 1.23. The fourth-order valence-corrected chi connectivity index (χ4v) is 7.42. The van der Waals surface area contributed by atoms with E-state index in [1.165, 1.54) is 32.4 Å². The number of nitrogens with zero attached hydrogens (tertiary/aromatic N) is 2. The molecule has 0 amide bonds. The van der Waals surface area contributed by atoms with Crippen LogP contribution in [0.15, 0.2) is 174 Å². The van der Waals surface area contributed by atoms with Crippen molar-refractivity contribution < 1.29 is 4.42 Å². The molecule has 10 aromatic rings. The minimum absolute atomic E-state index is 0.868. The predicted molar refractivity (Wildman–Crippen MR) is 198 cm³/mol. The molecule has 8 aromatic carbocycles. The second-order valence-corrected chi connectivity index (χ2v) is 12.2. The Morgan fingerprint density at radius 1 is 0.426 bits per heavy atom. The second kappa shape index (κ2) is 10.1. The molecular formula is C44H28N2O. The van der Waals surface area contributed by atoms with Crippen molar-refractivity contribution in [1.82, 2.24) is 4.57 Å². The molecule has 0 saturated heterocycles. The molecule has 0 saturated carbocycles. The predicted octanol–water partition coefficient (Wildman–Crippen LogP) is 12.5. The van der Waals surface area contributed by atoms with Gasteiger partial charge in [0.15, 0.2) is 0 Å². The molecule has 0 aliphatic rings. The average molecular weight is 601 g/mol. The molecule has 0 fully saturated rings. The summed E-state index contributed by atoms with van der Waals surface area (Å²) in [5, 5.41) is 9.39. The van der Waals surface area contributed by atoms with E-state index in [0.29, 0.717) is 0 Å². The van der Waals surface area contributed by atoms with Crippen LogP contribution < -0.4 is 4.90 Å². The highest BCUT2D eigenvalue weighted by atomic mass is 16.3. The minimum Gasteiger partial charge on any atom is -0.455 e. The van der Waals surface area contributed by atoms with Gasteiger partial charge in [-0.25, -0.2) is 0 Å². The summed E-state index contributed by atoms with van der Waals surface area (Å²) in [6, 6.07) is 60.7. The van der Waals surface area contributed by atoms with Gasteiger partial charge in [-0.3, -0.25) is 0 Å². The van der Waals surface area contributed by atoms with Crippen LogP contribution in [-0.4, -0.2) is 4.57 Å². The Labute approximate surface area is 271 Å². The van der Waals surface area contributed by atoms with E-state index in [0.717, 1.165) is 55.6 Å². The molecule has 0 radical (unpaired) electrons. The molecule has 220 valence electrons. The number of fused-ring (bicyclic) bond motifs is 9. The Morgan fingerprint density at radius 2 is 1.11 bits per heavy atom. The van der Waals surface area contributed by atoms with E-state index in [-0.39, 0.29) is 0 Å². The first-order chi connectivity index (χ1) is 23.3. The molecule has 3 heteroatoms. The van der Waals surface area contributed by atoms with Crippen LogP contribution in [0.5, 0.6) is 0 Å². The maximum Gasteiger partial charge on any atom is 0.145 e. The number of hydrogen-bond acceptors (Lipinski definition) is 2. The fraction of sp³-hybridized carbons (Fsp3) is 0. The van der Waals surface area contributed by atoms with E-state index in [9.17, 15) is 0 Å². The highest BCUT2D eigenvalue weighted by molar-refractivity contribution is 6.24. The summed E-state index contributed by atoms with van der Waals surface area (Å²) in [5.74, 6) is 0. The molecule has 47 heavy (non-hydrogen) atoms. The van der Waals surface area contributed by atoms with Gasteiger partial charge in [-0.15, -0.1) is 0 Å². The number of rotatable bonds is 4. The third kappa shape index (κ3) is 3.93. The van der Waals surface area contributed by atoms with Crippen molar-refractivity contribution in [3.63, 3.8) is 0 Å². The summed E-state index contributed by atoms with van der Waals surface area (Å²) in [5.41, 5.74) is 8.50. The van der Waals surface area contributed by atoms with Crippen LogP contribution in [0.2, 0.25) is 0 Å². The molecule has 10 rings (SSSR count). The number of anilines is 3. The smallest absolute Gasteiger partial charge is 0.145 e. The summed E-state index contributed by atoms with van der Waals surface area (Å²) in [6.07, 6.45) is 0. The third-order valence-corrected chi connectivity index (χ3v) is 9.53. The van der Waals surface area contributed by atoms with Crippen molar-refractivity contribution >= 4 is 82.4 Å². The van der Waals surface area contributed by atoms with Crippen LogP contribution in [0.1, 0.15) is 0 Å². The Morgan fingerprint density at radius 3 is 2.00 bits per heavy atom. The highest BCUT2D eigenvalue weighted by Gasteiger charge is 2.21. The first-order valence-electron chi connectivity index (χ1n) is 16.0. The van der Waals surface area contributed by atoms with Gasteiger partial charge in [-0.2, -0.15) is 0 Å². The molecule has 3 nitrogen and oxygen atoms in total. The highest BCUT2D eigenvalue weighted by Crippen LogP contribution is 2.44. The van der Waals surface area contributed by atoms with E-state index < -0.39 is 0 Å². The van der Waals surface area contributed by atoms with Crippen molar-refractivity contribution in [3.05, 3.63) is 170 Å². The molecular weight excluding hydrogens is 572 g/mol. The average Bonchev–Trinajstić information content (AvgIpc) is 3.67. The Hall–Kier alpha value is -6.32. The largest absolute Gasteiger partial charge is 0.455 e. The van der Waals surface area contributed by atoms with Crippen molar-refractivity contribution in [1.29, 1.82) is 0 Å². The molecule has 2 aromatic heterocycles. The standard InChI is InChI=1S/C44H28N2O/c1-2-15-32(16-3-1)46-40-19-9-8-18-38(40)43-41(46)26-25-37-36-24-23-34(28-42(36)47-44(37)43)45(33-22-21-29-11-4-5-13-31(29)27-33)39-20-10-14-30-12-6-7-17-35(30)39/h1-28H. The van der Waals surface area contributed by atoms with Crippen molar-refractivity contribution in [2.45, 2.75) is 0 Å². The number of aromatic nitrogens is 1. The monoisotopic (exact) mass is 600 g/mol. The Kier molecular flexibility index (Phi) is 5.57. The van der Waals surface area contributed by atoms with Gasteiger partial charge in [0, 0.05) is 44.7 Å². The van der Waals surface area contributed by atoms with Crippen LogP contribution in [0, 0.1) is 0 Å². The first kappa shape index (κ1) is 26.0. The number of para-hydroxylation sites is 2. The molecule has 0 atom stereocenters. The second-order valence-electron chi connectivity index (χ2n) is 12.2. The van der Waals surface area contributed by atoms with Gasteiger partial charge in [-0.1, -0.05) is 103 Å².